The second kappa shape index (κ2) is 8.02. The molecule has 0 amide bonds. The van der Waals surface area contributed by atoms with Gasteiger partial charge in [-0.2, -0.15) is 0 Å². The Morgan fingerprint density at radius 2 is 2.13 bits per heavy atom. The van der Waals surface area contributed by atoms with E-state index in [0.29, 0.717) is 12.6 Å². The molecular weight excluding hydrogens is 282 g/mol. The van der Waals surface area contributed by atoms with Crippen molar-refractivity contribution in [1.29, 1.82) is 0 Å². The topological polar surface area (TPSA) is 41.3 Å². The van der Waals surface area contributed by atoms with Crippen molar-refractivity contribution in [1.82, 2.24) is 10.2 Å². The van der Waals surface area contributed by atoms with Crippen molar-refractivity contribution in [3.8, 4) is 0 Å². The van der Waals surface area contributed by atoms with Crippen LogP contribution in [0.5, 0.6) is 0 Å². The molecule has 2 rings (SSSR count). The molecule has 3 nitrogen and oxygen atoms in total. The van der Waals surface area contributed by atoms with Gasteiger partial charge in [-0.25, -0.2) is 0 Å². The fourth-order valence-corrected chi connectivity index (χ4v) is 2.85. The van der Waals surface area contributed by atoms with Crippen LogP contribution < -0.4 is 11.1 Å². The number of rotatable bonds is 6. The van der Waals surface area contributed by atoms with E-state index in [9.17, 15) is 0 Å². The van der Waals surface area contributed by atoms with Crippen LogP contribution in [0.3, 0.4) is 0 Å². The molecule has 0 aromatic heterocycles. The SMILES string of the molecule is CCN/C=C(/CN)C1=CC(c2cccc(CC)c2)=CN(C)C1C. The van der Waals surface area contributed by atoms with Crippen LogP contribution in [0.25, 0.3) is 5.57 Å². The van der Waals surface area contributed by atoms with Gasteiger partial charge in [0.15, 0.2) is 0 Å². The molecule has 3 N–H and O–H groups in total. The van der Waals surface area contributed by atoms with Crippen LogP contribution in [0, 0.1) is 0 Å². The highest BCUT2D eigenvalue weighted by molar-refractivity contribution is 5.77. The zero-order chi connectivity index (χ0) is 16.8. The third-order valence-corrected chi connectivity index (χ3v) is 4.45. The van der Waals surface area contributed by atoms with Crippen LogP contribution in [-0.4, -0.2) is 31.1 Å². The summed E-state index contributed by atoms with van der Waals surface area (Å²) in [5.41, 5.74) is 12.3. The molecule has 0 saturated heterocycles. The first-order valence-corrected chi connectivity index (χ1v) is 8.48. The Morgan fingerprint density at radius 3 is 2.78 bits per heavy atom. The Morgan fingerprint density at radius 1 is 1.35 bits per heavy atom. The molecule has 0 aliphatic carbocycles. The predicted molar refractivity (Wildman–Crippen MR) is 99.9 cm³/mol. The van der Waals surface area contributed by atoms with Gasteiger partial charge in [-0.05, 0) is 54.2 Å². The Bertz CT molecular complexity index is 626. The van der Waals surface area contributed by atoms with Crippen LogP contribution in [-0.2, 0) is 6.42 Å². The molecule has 1 atom stereocenters. The fourth-order valence-electron chi connectivity index (χ4n) is 2.85. The standard InChI is InChI=1S/C20H29N3/c1-5-16-8-7-9-17(10-16)18-11-20(15(3)23(4)14-18)19(12-21)13-22-6-2/h7-11,13-15,22H,5-6,12,21H2,1-4H3/b19-13-. The monoisotopic (exact) mass is 311 g/mol. The number of aryl methyl sites for hydroxylation is 1. The molecule has 23 heavy (non-hydrogen) atoms. The highest BCUT2D eigenvalue weighted by Gasteiger charge is 2.21. The lowest BCUT2D eigenvalue weighted by atomic mass is 9.91. The van der Waals surface area contributed by atoms with E-state index < -0.39 is 0 Å². The minimum absolute atomic E-state index is 0.321. The van der Waals surface area contributed by atoms with E-state index in [4.69, 9.17) is 5.73 Å². The molecule has 0 bridgehead atoms. The van der Waals surface area contributed by atoms with Crippen molar-refractivity contribution < 1.29 is 0 Å². The molecular formula is C20H29N3. The molecule has 124 valence electrons. The highest BCUT2D eigenvalue weighted by atomic mass is 15.1. The summed E-state index contributed by atoms with van der Waals surface area (Å²) in [5.74, 6) is 0. The van der Waals surface area contributed by atoms with Gasteiger partial charge in [0, 0.05) is 32.5 Å². The van der Waals surface area contributed by atoms with Crippen LogP contribution >= 0.6 is 0 Å². The first-order valence-electron chi connectivity index (χ1n) is 8.48. The van der Waals surface area contributed by atoms with E-state index in [1.165, 1.54) is 27.8 Å². The van der Waals surface area contributed by atoms with Gasteiger partial charge in [0.1, 0.15) is 0 Å². The lowest BCUT2D eigenvalue weighted by Crippen LogP contribution is -2.31. The summed E-state index contributed by atoms with van der Waals surface area (Å²) in [6, 6.07) is 9.10. The smallest absolute Gasteiger partial charge is 0.0509 e. The molecule has 1 aliphatic heterocycles. The van der Waals surface area contributed by atoms with Crippen molar-refractivity contribution in [2.45, 2.75) is 33.2 Å². The summed E-state index contributed by atoms with van der Waals surface area (Å²) in [7, 11) is 2.13. The highest BCUT2D eigenvalue weighted by Crippen LogP contribution is 2.30. The molecule has 1 aromatic carbocycles. The van der Waals surface area contributed by atoms with Crippen molar-refractivity contribution >= 4 is 5.57 Å². The summed E-state index contributed by atoms with van der Waals surface area (Å²) in [6.07, 6.45) is 7.62. The first-order chi connectivity index (χ1) is 11.1. The third-order valence-electron chi connectivity index (χ3n) is 4.45. The molecule has 1 unspecified atom stereocenters. The molecule has 3 heteroatoms. The normalized spacial score (nSPS) is 18.6. The van der Waals surface area contributed by atoms with Crippen LogP contribution in [0.1, 0.15) is 31.9 Å². The second-order valence-electron chi connectivity index (χ2n) is 6.01. The molecule has 1 heterocycles. The van der Waals surface area contributed by atoms with E-state index in [1.807, 2.05) is 0 Å². The summed E-state index contributed by atoms with van der Waals surface area (Å²) >= 11 is 0. The molecule has 0 spiro atoms. The number of nitrogens with two attached hydrogens (primary N) is 1. The van der Waals surface area contributed by atoms with Crippen molar-refractivity contribution in [3.63, 3.8) is 0 Å². The number of hydrogen-bond donors (Lipinski definition) is 2. The van der Waals surface area contributed by atoms with Crippen molar-refractivity contribution in [3.05, 3.63) is 65.0 Å². The average Bonchev–Trinajstić information content (AvgIpc) is 2.58. The molecule has 0 saturated carbocycles. The predicted octanol–water partition coefficient (Wildman–Crippen LogP) is 3.30. The van der Waals surface area contributed by atoms with Crippen LogP contribution in [0.4, 0.5) is 0 Å². The summed E-state index contributed by atoms with van der Waals surface area (Å²) in [4.78, 5) is 2.26. The van der Waals surface area contributed by atoms with Crippen molar-refractivity contribution in [2.75, 3.05) is 20.1 Å². The van der Waals surface area contributed by atoms with Gasteiger partial charge < -0.3 is 16.0 Å². The zero-order valence-electron chi connectivity index (χ0n) is 14.8. The number of nitrogens with zero attached hydrogens (tertiary/aromatic N) is 1. The largest absolute Gasteiger partial charge is 0.391 e. The number of allylic oxidation sites excluding steroid dienone is 2. The Hall–Kier alpha value is -2.00. The van der Waals surface area contributed by atoms with Crippen molar-refractivity contribution in [2.24, 2.45) is 5.73 Å². The lowest BCUT2D eigenvalue weighted by Gasteiger charge is -2.32. The van der Waals surface area contributed by atoms with E-state index >= 15 is 0 Å². The van der Waals surface area contributed by atoms with Gasteiger partial charge >= 0.3 is 0 Å². The number of nitrogens with one attached hydrogen (secondary N) is 1. The third kappa shape index (κ3) is 4.05. The van der Waals surface area contributed by atoms with Gasteiger partial charge in [-0.15, -0.1) is 0 Å². The minimum Gasteiger partial charge on any atom is -0.391 e. The maximum atomic E-state index is 5.99. The summed E-state index contributed by atoms with van der Waals surface area (Å²) < 4.78 is 0. The lowest BCUT2D eigenvalue weighted by molar-refractivity contribution is 0.391. The summed E-state index contributed by atoms with van der Waals surface area (Å²) in [6.45, 7) is 7.95. The number of likely N-dealkylation sites (N-methyl/N-ethyl adjacent to an activating group) is 1. The average molecular weight is 311 g/mol. The van der Waals surface area contributed by atoms with Gasteiger partial charge in [-0.1, -0.05) is 31.2 Å². The first kappa shape index (κ1) is 17.4. The van der Waals surface area contributed by atoms with Crippen LogP contribution in [0.15, 0.2) is 53.9 Å². The van der Waals surface area contributed by atoms with E-state index in [0.717, 1.165) is 13.0 Å². The zero-order valence-corrected chi connectivity index (χ0v) is 14.8. The number of benzene rings is 1. The maximum Gasteiger partial charge on any atom is 0.0509 e. The Kier molecular flexibility index (Phi) is 6.05. The maximum absolute atomic E-state index is 5.99. The van der Waals surface area contributed by atoms with Gasteiger partial charge in [-0.3, -0.25) is 0 Å². The summed E-state index contributed by atoms with van der Waals surface area (Å²) in [5, 5.41) is 3.28. The molecule has 0 radical (unpaired) electrons. The van der Waals surface area contributed by atoms with E-state index in [-0.39, 0.29) is 0 Å². The molecule has 0 fully saturated rings. The second-order valence-corrected chi connectivity index (χ2v) is 6.01. The Balaban J connectivity index is 2.42. The molecule has 1 aliphatic rings. The number of hydrogen-bond acceptors (Lipinski definition) is 3. The van der Waals surface area contributed by atoms with E-state index in [2.05, 4.69) is 80.8 Å². The van der Waals surface area contributed by atoms with Gasteiger partial charge in [0.05, 0.1) is 6.04 Å². The molecule has 1 aromatic rings. The Labute approximate surface area is 140 Å². The minimum atomic E-state index is 0.321. The van der Waals surface area contributed by atoms with Gasteiger partial charge in [0.2, 0.25) is 0 Å². The van der Waals surface area contributed by atoms with Gasteiger partial charge in [0.25, 0.3) is 0 Å². The van der Waals surface area contributed by atoms with Crippen LogP contribution in [0.2, 0.25) is 0 Å². The van der Waals surface area contributed by atoms with E-state index in [1.54, 1.807) is 0 Å². The quantitative estimate of drug-likeness (QED) is 0.847. The fraction of sp³-hybridized carbons (Fsp3) is 0.400.